The lowest BCUT2D eigenvalue weighted by Crippen LogP contribution is -2.00. The van der Waals surface area contributed by atoms with Gasteiger partial charge >= 0.3 is 0 Å². The minimum atomic E-state index is 0.642. The van der Waals surface area contributed by atoms with E-state index >= 15 is 0 Å². The van der Waals surface area contributed by atoms with Gasteiger partial charge in [0.05, 0.1) is 0 Å². The first-order valence-electron chi connectivity index (χ1n) is 19.7. The van der Waals surface area contributed by atoms with Gasteiger partial charge in [-0.15, -0.1) is 0 Å². The number of hydrogen-bond acceptors (Lipinski definition) is 3. The molecule has 0 spiro atoms. The molecule has 0 aliphatic heterocycles. The fraction of sp³-hybridized carbons (Fsp3) is 0. The number of rotatable bonds is 6. The van der Waals surface area contributed by atoms with E-state index in [-0.39, 0.29) is 0 Å². The van der Waals surface area contributed by atoms with Gasteiger partial charge in [0.25, 0.3) is 0 Å². The molecule has 1 heterocycles. The SMILES string of the molecule is c1ccc(-c2nc(-c3ccccc3)nc(-c3ccc(-c4ccc5c(-c6ccc7ccccc7c6)c6ccccc6c(-c6ccc7ccccc7c6)c5c4)cc3)n2)cc1. The van der Waals surface area contributed by atoms with E-state index in [0.717, 1.165) is 27.8 Å². The van der Waals surface area contributed by atoms with E-state index in [9.17, 15) is 0 Å². The highest BCUT2D eigenvalue weighted by Crippen LogP contribution is 2.46. The molecular formula is C55H35N3. The molecule has 0 bridgehead atoms. The van der Waals surface area contributed by atoms with Crippen LogP contribution in [0.5, 0.6) is 0 Å². The van der Waals surface area contributed by atoms with Gasteiger partial charge < -0.3 is 0 Å². The molecule has 58 heavy (non-hydrogen) atoms. The molecule has 0 unspecified atom stereocenters. The average molecular weight is 738 g/mol. The van der Waals surface area contributed by atoms with Crippen molar-refractivity contribution in [2.45, 2.75) is 0 Å². The molecule has 0 N–H and O–H groups in total. The van der Waals surface area contributed by atoms with Crippen molar-refractivity contribution in [1.29, 1.82) is 0 Å². The van der Waals surface area contributed by atoms with E-state index < -0.39 is 0 Å². The normalized spacial score (nSPS) is 11.4. The van der Waals surface area contributed by atoms with Crippen LogP contribution in [0.1, 0.15) is 0 Å². The van der Waals surface area contributed by atoms with E-state index in [1.807, 2.05) is 60.7 Å². The first-order valence-corrected chi connectivity index (χ1v) is 19.7. The van der Waals surface area contributed by atoms with E-state index in [1.54, 1.807) is 0 Å². The third kappa shape index (κ3) is 5.98. The van der Waals surface area contributed by atoms with Crippen LogP contribution in [0.25, 0.3) is 111 Å². The number of fused-ring (bicyclic) bond motifs is 4. The summed E-state index contributed by atoms with van der Waals surface area (Å²) in [5, 5.41) is 9.86. The maximum atomic E-state index is 4.97. The molecule has 3 heteroatoms. The number of nitrogens with zero attached hydrogens (tertiary/aromatic N) is 3. The largest absolute Gasteiger partial charge is 0.208 e. The fourth-order valence-corrected chi connectivity index (χ4v) is 8.42. The number of aromatic nitrogens is 3. The standard InChI is InChI=1S/C55H35N3/c1-3-15-39(16-4-1)53-56-54(40-17-5-2-6-18-40)58-55(57-53)41-27-23-38(24-28-41)44-31-32-49-50(35-44)52(46-30-26-37-14-8-10-20-43(37)34-46)48-22-12-11-21-47(48)51(49)45-29-25-36-13-7-9-19-42(36)33-45/h1-35H. The molecule has 0 fully saturated rings. The molecule has 0 aliphatic carbocycles. The van der Waals surface area contributed by atoms with Crippen LogP contribution < -0.4 is 0 Å². The Morgan fingerprint density at radius 3 is 1.09 bits per heavy atom. The molecule has 0 saturated carbocycles. The first-order chi connectivity index (χ1) is 28.7. The molecular weight excluding hydrogens is 703 g/mol. The zero-order valence-electron chi connectivity index (χ0n) is 31.5. The first kappa shape index (κ1) is 33.6. The predicted octanol–water partition coefficient (Wildman–Crippen LogP) is 14.5. The van der Waals surface area contributed by atoms with Crippen LogP contribution in [0.3, 0.4) is 0 Å². The molecule has 0 aliphatic rings. The predicted molar refractivity (Wildman–Crippen MR) is 242 cm³/mol. The molecule has 0 amide bonds. The maximum absolute atomic E-state index is 4.97. The Kier molecular flexibility index (Phi) is 8.15. The molecule has 11 rings (SSSR count). The molecule has 0 radical (unpaired) electrons. The van der Waals surface area contributed by atoms with Gasteiger partial charge in [0.1, 0.15) is 0 Å². The van der Waals surface area contributed by atoms with Gasteiger partial charge in [0.15, 0.2) is 17.5 Å². The lowest BCUT2D eigenvalue weighted by Gasteiger charge is -2.19. The Bertz CT molecular complexity index is 3260. The Morgan fingerprint density at radius 2 is 0.569 bits per heavy atom. The lowest BCUT2D eigenvalue weighted by molar-refractivity contribution is 1.07. The number of benzene rings is 10. The molecule has 3 nitrogen and oxygen atoms in total. The topological polar surface area (TPSA) is 38.7 Å². The second kappa shape index (κ2) is 14.1. The smallest absolute Gasteiger partial charge is 0.164 e. The van der Waals surface area contributed by atoms with E-state index in [1.165, 1.54) is 65.3 Å². The van der Waals surface area contributed by atoms with E-state index in [2.05, 4.69) is 152 Å². The molecule has 0 atom stereocenters. The van der Waals surface area contributed by atoms with Crippen LogP contribution in [0, 0.1) is 0 Å². The maximum Gasteiger partial charge on any atom is 0.164 e. The molecule has 11 aromatic rings. The van der Waals surface area contributed by atoms with Crippen LogP contribution in [0.2, 0.25) is 0 Å². The van der Waals surface area contributed by atoms with Gasteiger partial charge in [0.2, 0.25) is 0 Å². The zero-order valence-corrected chi connectivity index (χ0v) is 31.5. The second-order valence-corrected chi connectivity index (χ2v) is 14.8. The summed E-state index contributed by atoms with van der Waals surface area (Å²) < 4.78 is 0. The van der Waals surface area contributed by atoms with Gasteiger partial charge in [-0.3, -0.25) is 0 Å². The van der Waals surface area contributed by atoms with Gasteiger partial charge in [-0.2, -0.15) is 0 Å². The summed E-state index contributed by atoms with van der Waals surface area (Å²) in [7, 11) is 0. The number of hydrogen-bond donors (Lipinski definition) is 0. The van der Waals surface area contributed by atoms with E-state index in [0.29, 0.717) is 17.5 Å². The minimum Gasteiger partial charge on any atom is -0.208 e. The Morgan fingerprint density at radius 1 is 0.207 bits per heavy atom. The summed E-state index contributed by atoms with van der Waals surface area (Å²) in [6, 6.07) is 75.7. The summed E-state index contributed by atoms with van der Waals surface area (Å²) in [4.78, 5) is 14.8. The Labute approximate surface area is 336 Å². The van der Waals surface area contributed by atoms with Crippen molar-refractivity contribution in [2.75, 3.05) is 0 Å². The van der Waals surface area contributed by atoms with Crippen molar-refractivity contribution in [3.05, 3.63) is 212 Å². The zero-order chi connectivity index (χ0) is 38.4. The van der Waals surface area contributed by atoms with Crippen molar-refractivity contribution in [2.24, 2.45) is 0 Å². The highest BCUT2D eigenvalue weighted by molar-refractivity contribution is 6.22. The summed E-state index contributed by atoms with van der Waals surface area (Å²) in [5.41, 5.74) is 10.0. The van der Waals surface area contributed by atoms with Crippen molar-refractivity contribution in [3.8, 4) is 67.5 Å². The van der Waals surface area contributed by atoms with E-state index in [4.69, 9.17) is 15.0 Å². The van der Waals surface area contributed by atoms with Crippen LogP contribution in [-0.4, -0.2) is 15.0 Å². The van der Waals surface area contributed by atoms with Crippen molar-refractivity contribution in [1.82, 2.24) is 15.0 Å². The fourth-order valence-electron chi connectivity index (χ4n) is 8.42. The summed E-state index contributed by atoms with van der Waals surface area (Å²) in [6.45, 7) is 0. The Hall–Kier alpha value is -7.75. The highest BCUT2D eigenvalue weighted by atomic mass is 15.0. The molecule has 0 saturated heterocycles. The molecule has 1 aromatic heterocycles. The van der Waals surface area contributed by atoms with Crippen LogP contribution >= 0.6 is 0 Å². The highest BCUT2D eigenvalue weighted by Gasteiger charge is 2.19. The van der Waals surface area contributed by atoms with Crippen molar-refractivity contribution in [3.63, 3.8) is 0 Å². The second-order valence-electron chi connectivity index (χ2n) is 14.8. The van der Waals surface area contributed by atoms with Gasteiger partial charge in [-0.25, -0.2) is 15.0 Å². The van der Waals surface area contributed by atoms with Crippen molar-refractivity contribution >= 4 is 43.1 Å². The van der Waals surface area contributed by atoms with Gasteiger partial charge in [0, 0.05) is 16.7 Å². The summed E-state index contributed by atoms with van der Waals surface area (Å²) >= 11 is 0. The quantitative estimate of drug-likeness (QED) is 0.160. The van der Waals surface area contributed by atoms with Crippen molar-refractivity contribution < 1.29 is 0 Å². The molecule has 10 aromatic carbocycles. The van der Waals surface area contributed by atoms with Gasteiger partial charge in [-0.05, 0) is 94.7 Å². The van der Waals surface area contributed by atoms with Crippen LogP contribution in [-0.2, 0) is 0 Å². The van der Waals surface area contributed by atoms with Gasteiger partial charge in [-0.1, -0.05) is 194 Å². The Balaban J connectivity index is 1.09. The third-order valence-corrected chi connectivity index (χ3v) is 11.3. The average Bonchev–Trinajstić information content (AvgIpc) is 3.30. The van der Waals surface area contributed by atoms with Crippen LogP contribution in [0.15, 0.2) is 212 Å². The summed E-state index contributed by atoms with van der Waals surface area (Å²) in [5.74, 6) is 1.94. The van der Waals surface area contributed by atoms with Crippen LogP contribution in [0.4, 0.5) is 0 Å². The third-order valence-electron chi connectivity index (χ3n) is 11.3. The minimum absolute atomic E-state index is 0.642. The monoisotopic (exact) mass is 737 g/mol. The summed E-state index contributed by atoms with van der Waals surface area (Å²) in [6.07, 6.45) is 0. The lowest BCUT2D eigenvalue weighted by atomic mass is 9.84. The molecule has 270 valence electrons.